The second-order valence-corrected chi connectivity index (χ2v) is 18.4. The SMILES string of the molecule is O=P(c1ccccc1)(c1ccccc1)c1cc(-c2cc(-c3ccccc3)cc(-c3ccccc3)c2)cc(P(=O)(c2ccccc2)c2ccccc2)c1. The Kier molecular flexibility index (Phi) is 9.27. The van der Waals surface area contributed by atoms with Crippen molar-refractivity contribution < 1.29 is 9.13 Å². The molecule has 0 unspecified atom stereocenters. The van der Waals surface area contributed by atoms with Crippen LogP contribution in [0.1, 0.15) is 0 Å². The molecular formula is C48H36O2P2. The van der Waals surface area contributed by atoms with Crippen molar-refractivity contribution in [3.8, 4) is 33.4 Å². The Morgan fingerprint density at radius 3 is 0.731 bits per heavy atom. The minimum atomic E-state index is -3.46. The van der Waals surface area contributed by atoms with Crippen molar-refractivity contribution in [3.63, 3.8) is 0 Å². The molecule has 0 bridgehead atoms. The maximum absolute atomic E-state index is 16.0. The van der Waals surface area contributed by atoms with Gasteiger partial charge in [-0.1, -0.05) is 182 Å². The highest BCUT2D eigenvalue weighted by Gasteiger charge is 2.35. The first-order chi connectivity index (χ1) is 25.5. The lowest BCUT2D eigenvalue weighted by molar-refractivity contribution is 0.592. The second-order valence-electron chi connectivity index (χ2n) is 12.8. The van der Waals surface area contributed by atoms with E-state index in [0.717, 1.165) is 54.6 Å². The summed E-state index contributed by atoms with van der Waals surface area (Å²) in [6.45, 7) is 0. The summed E-state index contributed by atoms with van der Waals surface area (Å²) in [6.07, 6.45) is 0. The molecule has 8 aromatic carbocycles. The Morgan fingerprint density at radius 1 is 0.212 bits per heavy atom. The molecule has 0 aliphatic rings. The lowest BCUT2D eigenvalue weighted by atomic mass is 9.93. The van der Waals surface area contributed by atoms with Crippen molar-refractivity contribution in [1.29, 1.82) is 0 Å². The van der Waals surface area contributed by atoms with E-state index >= 15 is 9.13 Å². The predicted octanol–water partition coefficient (Wildman–Crippen LogP) is 9.97. The fourth-order valence-corrected chi connectivity index (χ4v) is 12.5. The van der Waals surface area contributed by atoms with Gasteiger partial charge < -0.3 is 9.13 Å². The topological polar surface area (TPSA) is 34.1 Å². The van der Waals surface area contributed by atoms with Crippen molar-refractivity contribution in [2.24, 2.45) is 0 Å². The fraction of sp³-hybridized carbons (Fsp3) is 0. The van der Waals surface area contributed by atoms with E-state index in [2.05, 4.69) is 78.9 Å². The minimum absolute atomic E-state index is 0.635. The molecule has 8 aromatic rings. The van der Waals surface area contributed by atoms with Gasteiger partial charge in [-0.2, -0.15) is 0 Å². The number of hydrogen-bond donors (Lipinski definition) is 0. The zero-order chi connectivity index (χ0) is 35.4. The molecule has 0 atom stereocenters. The monoisotopic (exact) mass is 706 g/mol. The first-order valence-electron chi connectivity index (χ1n) is 17.4. The van der Waals surface area contributed by atoms with Gasteiger partial charge >= 0.3 is 0 Å². The largest absolute Gasteiger partial charge is 0.309 e. The third-order valence-electron chi connectivity index (χ3n) is 9.59. The van der Waals surface area contributed by atoms with E-state index in [9.17, 15) is 0 Å². The Balaban J connectivity index is 1.47. The van der Waals surface area contributed by atoms with Crippen LogP contribution in [-0.2, 0) is 9.13 Å². The minimum Gasteiger partial charge on any atom is -0.309 e. The van der Waals surface area contributed by atoms with Crippen LogP contribution in [0.4, 0.5) is 0 Å². The van der Waals surface area contributed by atoms with Crippen LogP contribution in [0.5, 0.6) is 0 Å². The van der Waals surface area contributed by atoms with Gasteiger partial charge in [0.1, 0.15) is 0 Å². The molecule has 52 heavy (non-hydrogen) atoms. The van der Waals surface area contributed by atoms with Gasteiger partial charge in [-0.05, 0) is 69.8 Å². The molecule has 0 saturated carbocycles. The van der Waals surface area contributed by atoms with E-state index in [1.54, 1.807) is 0 Å². The Hall–Kier alpha value is -5.78. The van der Waals surface area contributed by atoms with Crippen LogP contribution in [0.25, 0.3) is 33.4 Å². The van der Waals surface area contributed by atoms with Gasteiger partial charge in [0.25, 0.3) is 0 Å². The van der Waals surface area contributed by atoms with E-state index in [-0.39, 0.29) is 0 Å². The third-order valence-corrected chi connectivity index (χ3v) is 15.7. The van der Waals surface area contributed by atoms with Crippen LogP contribution < -0.4 is 31.8 Å². The summed E-state index contributed by atoms with van der Waals surface area (Å²) in [4.78, 5) is 0. The fourth-order valence-electron chi connectivity index (χ4n) is 6.96. The van der Waals surface area contributed by atoms with E-state index in [1.807, 2.05) is 140 Å². The summed E-state index contributed by atoms with van der Waals surface area (Å²) in [5.74, 6) is 0. The van der Waals surface area contributed by atoms with Crippen LogP contribution in [0.15, 0.2) is 218 Å². The third kappa shape index (κ3) is 6.33. The molecule has 0 N–H and O–H groups in total. The first-order valence-corrected chi connectivity index (χ1v) is 20.8. The predicted molar refractivity (Wildman–Crippen MR) is 222 cm³/mol. The quantitative estimate of drug-likeness (QED) is 0.140. The number of rotatable bonds is 9. The van der Waals surface area contributed by atoms with E-state index in [4.69, 9.17) is 0 Å². The van der Waals surface area contributed by atoms with Crippen LogP contribution >= 0.6 is 14.3 Å². The van der Waals surface area contributed by atoms with Gasteiger partial charge in [0.05, 0.1) is 0 Å². The Morgan fingerprint density at radius 2 is 0.442 bits per heavy atom. The second kappa shape index (κ2) is 14.5. The van der Waals surface area contributed by atoms with Gasteiger partial charge in [-0.25, -0.2) is 0 Å². The van der Waals surface area contributed by atoms with Crippen molar-refractivity contribution in [2.45, 2.75) is 0 Å². The number of benzene rings is 8. The highest BCUT2D eigenvalue weighted by Crippen LogP contribution is 2.47. The highest BCUT2D eigenvalue weighted by atomic mass is 31.2. The molecule has 0 radical (unpaired) electrons. The average molecular weight is 707 g/mol. The van der Waals surface area contributed by atoms with Crippen molar-refractivity contribution in [2.75, 3.05) is 0 Å². The molecule has 0 fully saturated rings. The molecular weight excluding hydrogens is 670 g/mol. The molecule has 0 amide bonds. The van der Waals surface area contributed by atoms with Crippen LogP contribution in [0, 0.1) is 0 Å². The van der Waals surface area contributed by atoms with Crippen molar-refractivity contribution >= 4 is 46.1 Å². The summed E-state index contributed by atoms with van der Waals surface area (Å²) in [5, 5.41) is 4.16. The first kappa shape index (κ1) is 33.4. The highest BCUT2D eigenvalue weighted by molar-refractivity contribution is 7.86. The van der Waals surface area contributed by atoms with Gasteiger partial charge in [-0.15, -0.1) is 0 Å². The van der Waals surface area contributed by atoms with Crippen LogP contribution in [-0.4, -0.2) is 0 Å². The average Bonchev–Trinajstić information content (AvgIpc) is 3.24. The summed E-state index contributed by atoms with van der Waals surface area (Å²) in [5.41, 5.74) is 6.11. The maximum atomic E-state index is 16.0. The Bertz CT molecular complexity index is 2280. The summed E-state index contributed by atoms with van der Waals surface area (Å²) < 4.78 is 32.1. The Labute approximate surface area is 305 Å². The normalized spacial score (nSPS) is 11.6. The zero-order valence-electron chi connectivity index (χ0n) is 28.5. The van der Waals surface area contributed by atoms with Crippen LogP contribution in [0.2, 0.25) is 0 Å². The molecule has 0 heterocycles. The zero-order valence-corrected chi connectivity index (χ0v) is 30.3. The van der Waals surface area contributed by atoms with Gasteiger partial charge in [0.2, 0.25) is 0 Å². The standard InChI is InChI=1S/C48H36O2P2/c49-51(43-23-11-3-12-24-43,44-25-13-4-14-26-44)47-34-42(35-48(36-47)52(50,45-27-15-5-16-28-45)46-29-17-6-18-30-46)41-32-39(37-19-7-1-8-20-37)31-40(33-41)38-21-9-2-10-22-38/h1-36H. The molecule has 0 spiro atoms. The van der Waals surface area contributed by atoms with E-state index in [0.29, 0.717) is 10.6 Å². The molecule has 8 rings (SSSR count). The van der Waals surface area contributed by atoms with Gasteiger partial charge in [0.15, 0.2) is 14.3 Å². The molecule has 0 aliphatic carbocycles. The molecule has 2 nitrogen and oxygen atoms in total. The molecule has 0 aliphatic heterocycles. The smallest absolute Gasteiger partial charge is 0.171 e. The molecule has 250 valence electrons. The number of hydrogen-bond acceptors (Lipinski definition) is 2. The van der Waals surface area contributed by atoms with Crippen LogP contribution in [0.3, 0.4) is 0 Å². The summed E-state index contributed by atoms with van der Waals surface area (Å²) >= 11 is 0. The summed E-state index contributed by atoms with van der Waals surface area (Å²) in [6, 6.07) is 72.2. The van der Waals surface area contributed by atoms with Crippen molar-refractivity contribution in [1.82, 2.24) is 0 Å². The summed E-state index contributed by atoms with van der Waals surface area (Å²) in [7, 11) is -6.93. The van der Waals surface area contributed by atoms with Gasteiger partial charge in [0, 0.05) is 31.8 Å². The molecule has 0 saturated heterocycles. The van der Waals surface area contributed by atoms with E-state index in [1.165, 1.54) is 0 Å². The lowest BCUT2D eigenvalue weighted by Crippen LogP contribution is -2.30. The van der Waals surface area contributed by atoms with E-state index < -0.39 is 14.3 Å². The lowest BCUT2D eigenvalue weighted by Gasteiger charge is -2.25. The van der Waals surface area contributed by atoms with Crippen molar-refractivity contribution in [3.05, 3.63) is 218 Å². The molecule has 4 heteroatoms. The maximum Gasteiger partial charge on any atom is 0.171 e. The molecule has 0 aromatic heterocycles. The van der Waals surface area contributed by atoms with Gasteiger partial charge in [-0.3, -0.25) is 0 Å².